The zero-order chi connectivity index (χ0) is 12.4. The Morgan fingerprint density at radius 3 is 2.47 bits per heavy atom. The number of carbonyl (C=O) groups is 2. The maximum atomic E-state index is 11.8. The molecule has 90 valence electrons. The van der Waals surface area contributed by atoms with Gasteiger partial charge in [-0.15, -0.1) is 0 Å². The molecule has 0 aromatic heterocycles. The van der Waals surface area contributed by atoms with E-state index in [2.05, 4.69) is 15.9 Å². The largest absolute Gasteiger partial charge is 0.275 e. The van der Waals surface area contributed by atoms with Gasteiger partial charge in [-0.2, -0.15) is 0 Å². The van der Waals surface area contributed by atoms with Gasteiger partial charge in [0, 0.05) is 17.3 Å². The fourth-order valence-electron chi connectivity index (χ4n) is 2.12. The smallest absolute Gasteiger partial charge is 0.229 e. The van der Waals surface area contributed by atoms with Gasteiger partial charge in [0.1, 0.15) is 0 Å². The number of hydrogen-bond acceptors (Lipinski definition) is 2. The maximum absolute atomic E-state index is 11.8. The number of likely N-dealkylation sites (tertiary alicyclic amines) is 1. The van der Waals surface area contributed by atoms with Gasteiger partial charge in [0.2, 0.25) is 11.8 Å². The molecule has 17 heavy (non-hydrogen) atoms. The Balaban J connectivity index is 2.26. The van der Waals surface area contributed by atoms with Gasteiger partial charge in [0.15, 0.2) is 0 Å². The van der Waals surface area contributed by atoms with Gasteiger partial charge in [0.05, 0.1) is 6.04 Å². The Bertz CT molecular complexity index is 442. The van der Waals surface area contributed by atoms with Crippen LogP contribution in [0.5, 0.6) is 0 Å². The first-order chi connectivity index (χ1) is 8.09. The summed E-state index contributed by atoms with van der Waals surface area (Å²) in [5.74, 6) is -0.123. The summed E-state index contributed by atoms with van der Waals surface area (Å²) in [6, 6.07) is 7.53. The molecule has 0 radical (unpaired) electrons. The summed E-state index contributed by atoms with van der Waals surface area (Å²) in [7, 11) is 0. The maximum Gasteiger partial charge on any atom is 0.229 e. The summed E-state index contributed by atoms with van der Waals surface area (Å²) in [6.45, 7) is 1.89. The van der Waals surface area contributed by atoms with Gasteiger partial charge in [-0.25, -0.2) is 0 Å². The summed E-state index contributed by atoms with van der Waals surface area (Å²) in [5.41, 5.74) is 0.975. The molecule has 1 unspecified atom stereocenters. The van der Waals surface area contributed by atoms with E-state index in [1.165, 1.54) is 4.90 Å². The molecule has 0 aliphatic carbocycles. The first-order valence-electron chi connectivity index (χ1n) is 5.70. The molecule has 1 aliphatic heterocycles. The molecule has 1 fully saturated rings. The molecule has 4 heteroatoms. The van der Waals surface area contributed by atoms with Crippen molar-refractivity contribution in [3.05, 3.63) is 34.3 Å². The number of benzene rings is 1. The van der Waals surface area contributed by atoms with Crippen LogP contribution in [0.15, 0.2) is 28.7 Å². The molecule has 1 atom stereocenters. The zero-order valence-electron chi connectivity index (χ0n) is 9.65. The van der Waals surface area contributed by atoms with Gasteiger partial charge in [-0.05, 0) is 31.0 Å². The van der Waals surface area contributed by atoms with Crippen molar-refractivity contribution in [2.24, 2.45) is 0 Å². The van der Waals surface area contributed by atoms with Crippen molar-refractivity contribution in [3.8, 4) is 0 Å². The fourth-order valence-corrected chi connectivity index (χ4v) is 2.54. The second-order valence-electron chi connectivity index (χ2n) is 4.24. The van der Waals surface area contributed by atoms with E-state index in [1.807, 2.05) is 31.2 Å². The number of amides is 2. The summed E-state index contributed by atoms with van der Waals surface area (Å²) >= 11 is 3.40. The van der Waals surface area contributed by atoms with Crippen molar-refractivity contribution in [2.45, 2.75) is 32.2 Å². The van der Waals surface area contributed by atoms with Crippen LogP contribution >= 0.6 is 15.9 Å². The van der Waals surface area contributed by atoms with Crippen molar-refractivity contribution in [1.82, 2.24) is 4.90 Å². The van der Waals surface area contributed by atoms with Crippen LogP contribution in [0, 0.1) is 0 Å². The molecule has 0 N–H and O–H groups in total. The third kappa shape index (κ3) is 2.57. The Hall–Kier alpha value is -1.16. The van der Waals surface area contributed by atoms with E-state index < -0.39 is 0 Å². The van der Waals surface area contributed by atoms with Crippen molar-refractivity contribution in [2.75, 3.05) is 0 Å². The van der Waals surface area contributed by atoms with E-state index in [0.29, 0.717) is 19.3 Å². The number of rotatable bonds is 2. The minimum atomic E-state index is -0.187. The highest BCUT2D eigenvalue weighted by Crippen LogP contribution is 2.27. The predicted octanol–water partition coefficient (Wildman–Crippen LogP) is 3.05. The molecule has 1 aliphatic rings. The molecule has 0 spiro atoms. The molecule has 1 saturated heterocycles. The molecule has 2 rings (SSSR count). The molecule has 1 aromatic carbocycles. The second-order valence-corrected chi connectivity index (χ2v) is 5.16. The topological polar surface area (TPSA) is 37.4 Å². The minimum Gasteiger partial charge on any atom is -0.275 e. The van der Waals surface area contributed by atoms with Gasteiger partial charge in [-0.1, -0.05) is 28.1 Å². The Kier molecular flexibility index (Phi) is 3.62. The number of hydrogen-bond donors (Lipinski definition) is 0. The average Bonchev–Trinajstić information content (AvgIpc) is 2.28. The van der Waals surface area contributed by atoms with E-state index in [0.717, 1.165) is 10.0 Å². The van der Waals surface area contributed by atoms with Crippen molar-refractivity contribution in [1.29, 1.82) is 0 Å². The summed E-state index contributed by atoms with van der Waals surface area (Å²) in [5, 5.41) is 0. The molecule has 1 aromatic rings. The second kappa shape index (κ2) is 5.00. The first-order valence-corrected chi connectivity index (χ1v) is 6.49. The van der Waals surface area contributed by atoms with Crippen LogP contribution in [0.4, 0.5) is 0 Å². The van der Waals surface area contributed by atoms with Crippen molar-refractivity contribution >= 4 is 27.7 Å². The Labute approximate surface area is 109 Å². The third-order valence-electron chi connectivity index (χ3n) is 3.04. The van der Waals surface area contributed by atoms with Gasteiger partial charge < -0.3 is 0 Å². The molecule has 0 bridgehead atoms. The van der Waals surface area contributed by atoms with Crippen molar-refractivity contribution < 1.29 is 9.59 Å². The van der Waals surface area contributed by atoms with Crippen LogP contribution in [-0.2, 0) is 9.59 Å². The fraction of sp³-hybridized carbons (Fsp3) is 0.385. The zero-order valence-corrected chi connectivity index (χ0v) is 11.2. The number of piperidine rings is 1. The lowest BCUT2D eigenvalue weighted by Gasteiger charge is -2.31. The number of imide groups is 1. The van der Waals surface area contributed by atoms with Crippen LogP contribution < -0.4 is 0 Å². The third-order valence-corrected chi connectivity index (χ3v) is 3.53. The predicted molar refractivity (Wildman–Crippen MR) is 68.3 cm³/mol. The Morgan fingerprint density at radius 2 is 1.88 bits per heavy atom. The van der Waals surface area contributed by atoms with Crippen LogP contribution in [0.3, 0.4) is 0 Å². The van der Waals surface area contributed by atoms with E-state index in [9.17, 15) is 9.59 Å². The van der Waals surface area contributed by atoms with E-state index in [-0.39, 0.29) is 17.9 Å². The van der Waals surface area contributed by atoms with E-state index in [1.54, 1.807) is 0 Å². The van der Waals surface area contributed by atoms with Gasteiger partial charge in [-0.3, -0.25) is 14.5 Å². The molecular weight excluding hydrogens is 282 g/mol. The summed E-state index contributed by atoms with van der Waals surface area (Å²) in [6.07, 6.45) is 1.63. The molecular formula is C13H14BrNO2. The lowest BCUT2D eigenvalue weighted by molar-refractivity contribution is -0.150. The first kappa shape index (κ1) is 12.3. The SMILES string of the molecule is CC(c1cccc(Br)c1)N1C(=O)CCCC1=O. The molecule has 2 amide bonds. The summed E-state index contributed by atoms with van der Waals surface area (Å²) < 4.78 is 0.957. The van der Waals surface area contributed by atoms with Crippen LogP contribution in [0.2, 0.25) is 0 Å². The number of carbonyl (C=O) groups excluding carboxylic acids is 2. The lowest BCUT2D eigenvalue weighted by atomic mass is 10.0. The van der Waals surface area contributed by atoms with Crippen LogP contribution in [-0.4, -0.2) is 16.7 Å². The number of halogens is 1. The normalized spacial score (nSPS) is 18.4. The number of nitrogens with zero attached hydrogens (tertiary/aromatic N) is 1. The van der Waals surface area contributed by atoms with Gasteiger partial charge >= 0.3 is 0 Å². The van der Waals surface area contributed by atoms with Crippen LogP contribution in [0.25, 0.3) is 0 Å². The van der Waals surface area contributed by atoms with Gasteiger partial charge in [0.25, 0.3) is 0 Å². The molecule has 3 nitrogen and oxygen atoms in total. The standard InChI is InChI=1S/C13H14BrNO2/c1-9(10-4-2-5-11(14)8-10)15-12(16)6-3-7-13(15)17/h2,4-5,8-9H,3,6-7H2,1H3. The van der Waals surface area contributed by atoms with E-state index >= 15 is 0 Å². The quantitative estimate of drug-likeness (QED) is 0.787. The Morgan fingerprint density at radius 1 is 1.24 bits per heavy atom. The van der Waals surface area contributed by atoms with E-state index in [4.69, 9.17) is 0 Å². The highest BCUT2D eigenvalue weighted by molar-refractivity contribution is 9.10. The lowest BCUT2D eigenvalue weighted by Crippen LogP contribution is -2.41. The highest BCUT2D eigenvalue weighted by Gasteiger charge is 2.30. The summed E-state index contributed by atoms with van der Waals surface area (Å²) in [4.78, 5) is 25.0. The molecule has 1 heterocycles. The monoisotopic (exact) mass is 295 g/mol. The van der Waals surface area contributed by atoms with Crippen molar-refractivity contribution in [3.63, 3.8) is 0 Å². The average molecular weight is 296 g/mol. The minimum absolute atomic E-state index is 0.0614. The highest BCUT2D eigenvalue weighted by atomic mass is 79.9. The van der Waals surface area contributed by atoms with Crippen LogP contribution in [0.1, 0.15) is 37.8 Å². The molecule has 0 saturated carbocycles.